The molecule has 16 heavy (non-hydrogen) atoms. The molecular weight excluding hydrogens is 218 g/mol. The van der Waals surface area contributed by atoms with Gasteiger partial charge in [0, 0.05) is 30.4 Å². The first-order valence-electron chi connectivity index (χ1n) is 6.24. The minimum atomic E-state index is 0.283. The van der Waals surface area contributed by atoms with E-state index in [1.807, 2.05) is 11.8 Å². The SMILES string of the molecule is CC(C)CSCC(C)N[C@@H]1C=C[C@H](CO)C1. The number of nitrogens with one attached hydrogen (secondary N) is 1. The summed E-state index contributed by atoms with van der Waals surface area (Å²) in [7, 11) is 0. The van der Waals surface area contributed by atoms with E-state index in [0.29, 0.717) is 18.0 Å². The van der Waals surface area contributed by atoms with Crippen LogP contribution in [0.15, 0.2) is 12.2 Å². The molecule has 1 aliphatic rings. The third-order valence-corrected chi connectivity index (χ3v) is 4.36. The molecule has 2 nitrogen and oxygen atoms in total. The average Bonchev–Trinajstić information content (AvgIpc) is 2.65. The number of hydrogen-bond donors (Lipinski definition) is 2. The molecule has 0 fully saturated rings. The van der Waals surface area contributed by atoms with E-state index in [-0.39, 0.29) is 6.61 Å². The molecule has 0 saturated heterocycles. The van der Waals surface area contributed by atoms with Gasteiger partial charge in [-0.15, -0.1) is 0 Å². The van der Waals surface area contributed by atoms with E-state index in [4.69, 9.17) is 5.11 Å². The van der Waals surface area contributed by atoms with Crippen molar-refractivity contribution in [2.75, 3.05) is 18.1 Å². The molecule has 1 rings (SSSR count). The van der Waals surface area contributed by atoms with Crippen LogP contribution in [0.2, 0.25) is 0 Å². The Hall–Kier alpha value is 0.01000. The van der Waals surface area contributed by atoms with E-state index in [9.17, 15) is 0 Å². The van der Waals surface area contributed by atoms with E-state index >= 15 is 0 Å². The highest BCUT2D eigenvalue weighted by Crippen LogP contribution is 2.18. The van der Waals surface area contributed by atoms with Gasteiger partial charge in [-0.3, -0.25) is 0 Å². The van der Waals surface area contributed by atoms with Gasteiger partial charge in [0.15, 0.2) is 0 Å². The standard InChI is InChI=1S/C13H25NOS/c1-10(2)8-16-9-11(3)14-13-5-4-12(6-13)7-15/h4-5,10-15H,6-9H2,1-3H3/t11?,12-,13+/m0/s1. The highest BCUT2D eigenvalue weighted by Gasteiger charge is 2.19. The van der Waals surface area contributed by atoms with Gasteiger partial charge in [-0.25, -0.2) is 0 Å². The Balaban J connectivity index is 2.10. The highest BCUT2D eigenvalue weighted by atomic mass is 32.2. The highest BCUT2D eigenvalue weighted by molar-refractivity contribution is 7.99. The summed E-state index contributed by atoms with van der Waals surface area (Å²) in [5.41, 5.74) is 0. The molecule has 0 amide bonds. The fourth-order valence-electron chi connectivity index (χ4n) is 1.93. The summed E-state index contributed by atoms with van der Waals surface area (Å²) in [4.78, 5) is 0. The predicted octanol–water partition coefficient (Wildman–Crippen LogP) is 2.29. The van der Waals surface area contributed by atoms with Gasteiger partial charge in [-0.1, -0.05) is 26.0 Å². The van der Waals surface area contributed by atoms with Gasteiger partial charge in [-0.05, 0) is 25.0 Å². The van der Waals surface area contributed by atoms with Crippen LogP contribution in [0.3, 0.4) is 0 Å². The Bertz CT molecular complexity index is 218. The van der Waals surface area contributed by atoms with Crippen LogP contribution in [-0.2, 0) is 0 Å². The number of aliphatic hydroxyl groups excluding tert-OH is 1. The Kier molecular flexibility index (Phi) is 6.47. The molecule has 3 heteroatoms. The monoisotopic (exact) mass is 243 g/mol. The van der Waals surface area contributed by atoms with E-state index in [1.54, 1.807) is 0 Å². The van der Waals surface area contributed by atoms with Crippen molar-refractivity contribution in [3.05, 3.63) is 12.2 Å². The van der Waals surface area contributed by atoms with Gasteiger partial charge in [-0.2, -0.15) is 11.8 Å². The van der Waals surface area contributed by atoms with Crippen LogP contribution in [-0.4, -0.2) is 35.3 Å². The first-order valence-corrected chi connectivity index (χ1v) is 7.40. The van der Waals surface area contributed by atoms with Crippen LogP contribution in [0.5, 0.6) is 0 Å². The largest absolute Gasteiger partial charge is 0.396 e. The summed E-state index contributed by atoms with van der Waals surface area (Å²) in [6.45, 7) is 7.05. The molecule has 0 aromatic heterocycles. The molecule has 0 bridgehead atoms. The van der Waals surface area contributed by atoms with Crippen molar-refractivity contribution >= 4 is 11.8 Å². The lowest BCUT2D eigenvalue weighted by Crippen LogP contribution is -2.36. The Morgan fingerprint density at radius 3 is 2.62 bits per heavy atom. The van der Waals surface area contributed by atoms with Crippen molar-refractivity contribution < 1.29 is 5.11 Å². The molecular formula is C13H25NOS. The van der Waals surface area contributed by atoms with Crippen molar-refractivity contribution in [2.45, 2.75) is 39.3 Å². The summed E-state index contributed by atoms with van der Waals surface area (Å²) in [5, 5.41) is 12.6. The molecule has 0 spiro atoms. The van der Waals surface area contributed by atoms with Crippen molar-refractivity contribution in [2.24, 2.45) is 11.8 Å². The second kappa shape index (κ2) is 7.36. The summed E-state index contributed by atoms with van der Waals surface area (Å²) in [6.07, 6.45) is 5.38. The maximum atomic E-state index is 9.04. The molecule has 0 radical (unpaired) electrons. The lowest BCUT2D eigenvalue weighted by molar-refractivity contribution is 0.245. The molecule has 0 aromatic carbocycles. The molecule has 0 aliphatic heterocycles. The fraction of sp³-hybridized carbons (Fsp3) is 0.846. The third-order valence-electron chi connectivity index (χ3n) is 2.72. The molecule has 0 saturated carbocycles. The van der Waals surface area contributed by atoms with Gasteiger partial charge in [0.2, 0.25) is 0 Å². The lowest BCUT2D eigenvalue weighted by atomic mass is 10.1. The zero-order chi connectivity index (χ0) is 12.0. The second-order valence-electron chi connectivity index (χ2n) is 5.17. The van der Waals surface area contributed by atoms with Gasteiger partial charge < -0.3 is 10.4 Å². The fourth-order valence-corrected chi connectivity index (χ4v) is 2.98. The van der Waals surface area contributed by atoms with Crippen molar-refractivity contribution in [3.8, 4) is 0 Å². The first-order chi connectivity index (χ1) is 7.61. The number of rotatable bonds is 7. The maximum absolute atomic E-state index is 9.04. The Labute approximate surface area is 104 Å². The molecule has 1 aliphatic carbocycles. The lowest BCUT2D eigenvalue weighted by Gasteiger charge is -2.19. The van der Waals surface area contributed by atoms with Crippen LogP contribution in [0.4, 0.5) is 0 Å². The Morgan fingerprint density at radius 2 is 2.06 bits per heavy atom. The predicted molar refractivity (Wildman–Crippen MR) is 72.9 cm³/mol. The quantitative estimate of drug-likeness (QED) is 0.673. The molecule has 3 atom stereocenters. The smallest absolute Gasteiger partial charge is 0.0494 e. The molecule has 0 aromatic rings. The normalized spacial score (nSPS) is 26.6. The molecule has 1 unspecified atom stereocenters. The van der Waals surface area contributed by atoms with Crippen molar-refractivity contribution in [1.82, 2.24) is 5.32 Å². The number of aliphatic hydroxyl groups is 1. The summed E-state index contributed by atoms with van der Waals surface area (Å²) >= 11 is 2.02. The topological polar surface area (TPSA) is 32.3 Å². The number of thioether (sulfide) groups is 1. The van der Waals surface area contributed by atoms with Crippen LogP contribution in [0, 0.1) is 11.8 Å². The zero-order valence-corrected chi connectivity index (χ0v) is 11.5. The maximum Gasteiger partial charge on any atom is 0.0494 e. The van der Waals surface area contributed by atoms with Gasteiger partial charge in [0.1, 0.15) is 0 Å². The zero-order valence-electron chi connectivity index (χ0n) is 10.6. The molecule has 0 heterocycles. The van der Waals surface area contributed by atoms with Crippen molar-refractivity contribution in [3.63, 3.8) is 0 Å². The van der Waals surface area contributed by atoms with E-state index in [1.165, 1.54) is 11.5 Å². The molecule has 2 N–H and O–H groups in total. The van der Waals surface area contributed by atoms with Gasteiger partial charge >= 0.3 is 0 Å². The third kappa shape index (κ3) is 5.37. The summed E-state index contributed by atoms with van der Waals surface area (Å²) in [5.74, 6) is 3.56. The van der Waals surface area contributed by atoms with Crippen molar-refractivity contribution in [1.29, 1.82) is 0 Å². The Morgan fingerprint density at radius 1 is 1.31 bits per heavy atom. The minimum Gasteiger partial charge on any atom is -0.396 e. The van der Waals surface area contributed by atoms with E-state index in [0.717, 1.165) is 12.3 Å². The second-order valence-corrected chi connectivity index (χ2v) is 6.24. The minimum absolute atomic E-state index is 0.283. The van der Waals surface area contributed by atoms with E-state index < -0.39 is 0 Å². The summed E-state index contributed by atoms with van der Waals surface area (Å²) < 4.78 is 0. The van der Waals surface area contributed by atoms with Crippen LogP contribution < -0.4 is 5.32 Å². The summed E-state index contributed by atoms with van der Waals surface area (Å²) in [6, 6.07) is 1.02. The van der Waals surface area contributed by atoms with Crippen LogP contribution in [0.1, 0.15) is 27.2 Å². The first kappa shape index (κ1) is 14.1. The van der Waals surface area contributed by atoms with E-state index in [2.05, 4.69) is 38.2 Å². The number of hydrogen-bond acceptors (Lipinski definition) is 3. The van der Waals surface area contributed by atoms with Gasteiger partial charge in [0.05, 0.1) is 0 Å². The van der Waals surface area contributed by atoms with Gasteiger partial charge in [0.25, 0.3) is 0 Å². The van der Waals surface area contributed by atoms with Crippen LogP contribution >= 0.6 is 11.8 Å². The van der Waals surface area contributed by atoms with Crippen LogP contribution in [0.25, 0.3) is 0 Å². The average molecular weight is 243 g/mol. The molecule has 94 valence electrons.